The van der Waals surface area contributed by atoms with Gasteiger partial charge >= 0.3 is 0 Å². The number of hydrazone groups is 1. The third-order valence-electron chi connectivity index (χ3n) is 4.57. The molecule has 0 saturated heterocycles. The number of aryl methyl sites for hydroxylation is 2. The van der Waals surface area contributed by atoms with Gasteiger partial charge in [0.1, 0.15) is 0 Å². The molecule has 0 aliphatic rings. The first-order chi connectivity index (χ1) is 13.8. The fourth-order valence-corrected chi connectivity index (χ4v) is 3.63. The van der Waals surface area contributed by atoms with Gasteiger partial charge in [-0.25, -0.2) is 5.43 Å². The van der Waals surface area contributed by atoms with Crippen LogP contribution in [-0.2, 0) is 4.79 Å². The van der Waals surface area contributed by atoms with E-state index < -0.39 is 0 Å². The van der Waals surface area contributed by atoms with E-state index >= 15 is 0 Å². The van der Waals surface area contributed by atoms with Crippen LogP contribution in [0.15, 0.2) is 62.6 Å². The van der Waals surface area contributed by atoms with E-state index in [-0.39, 0.29) is 12.5 Å². The molecule has 2 N–H and O–H groups in total. The van der Waals surface area contributed by atoms with E-state index in [1.165, 1.54) is 5.56 Å². The predicted molar refractivity (Wildman–Crippen MR) is 126 cm³/mol. The molecule has 0 atom stereocenters. The first-order valence-electron chi connectivity index (χ1n) is 9.12. The molecule has 1 heterocycles. The lowest BCUT2D eigenvalue weighted by molar-refractivity contribution is -0.119. The molecule has 150 valence electrons. The van der Waals surface area contributed by atoms with Crippen molar-refractivity contribution in [3.8, 4) is 5.69 Å². The van der Waals surface area contributed by atoms with Crippen molar-refractivity contribution >= 4 is 49.7 Å². The molecule has 0 spiro atoms. The second kappa shape index (κ2) is 9.41. The number of carbonyl (C=O) groups excluding carboxylic acids is 1. The number of carbonyl (C=O) groups is 1. The van der Waals surface area contributed by atoms with Crippen molar-refractivity contribution in [2.75, 3.05) is 11.9 Å². The lowest BCUT2D eigenvalue weighted by atomic mass is 10.2. The molecule has 0 saturated carbocycles. The zero-order valence-corrected chi connectivity index (χ0v) is 19.6. The van der Waals surface area contributed by atoms with Gasteiger partial charge in [-0.15, -0.1) is 0 Å². The molecule has 0 radical (unpaired) electrons. The van der Waals surface area contributed by atoms with Crippen molar-refractivity contribution in [1.82, 2.24) is 9.99 Å². The van der Waals surface area contributed by atoms with Gasteiger partial charge in [0, 0.05) is 37.3 Å². The van der Waals surface area contributed by atoms with Crippen LogP contribution in [0.4, 0.5) is 5.69 Å². The molecule has 7 heteroatoms. The third-order valence-corrected chi connectivity index (χ3v) is 5.96. The maximum Gasteiger partial charge on any atom is 0.259 e. The van der Waals surface area contributed by atoms with Gasteiger partial charge in [0.05, 0.1) is 12.8 Å². The SMILES string of the molecule is Cc1ccc(-n2c(C)cc(/C=N\NC(=O)CNc3ccc(Br)cc3)c2C)cc1Br. The highest BCUT2D eigenvalue weighted by Crippen LogP contribution is 2.24. The van der Waals surface area contributed by atoms with Gasteiger partial charge in [-0.1, -0.05) is 37.9 Å². The molecule has 2 aromatic carbocycles. The Morgan fingerprint density at radius 3 is 2.48 bits per heavy atom. The minimum atomic E-state index is -0.208. The van der Waals surface area contributed by atoms with E-state index in [1.807, 2.05) is 31.2 Å². The lowest BCUT2D eigenvalue weighted by Gasteiger charge is -2.11. The number of rotatable bonds is 6. The maximum atomic E-state index is 12.0. The van der Waals surface area contributed by atoms with Crippen LogP contribution in [0.5, 0.6) is 0 Å². The first-order valence-corrected chi connectivity index (χ1v) is 10.7. The maximum absolute atomic E-state index is 12.0. The molecular formula is C22H22Br2N4O. The monoisotopic (exact) mass is 516 g/mol. The standard InChI is InChI=1S/C22H22Br2N4O/c1-14-4-9-20(11-21(14)24)28-15(2)10-17(16(28)3)12-26-27-22(29)13-25-19-7-5-18(23)6-8-19/h4-12,25H,13H2,1-3H3,(H,27,29)/b26-12-. The average molecular weight is 518 g/mol. The molecule has 5 nitrogen and oxygen atoms in total. The van der Waals surface area contributed by atoms with Crippen LogP contribution in [-0.4, -0.2) is 23.2 Å². The van der Waals surface area contributed by atoms with E-state index in [0.29, 0.717) is 0 Å². The van der Waals surface area contributed by atoms with Crippen molar-refractivity contribution in [1.29, 1.82) is 0 Å². The lowest BCUT2D eigenvalue weighted by Crippen LogP contribution is -2.25. The van der Waals surface area contributed by atoms with Crippen molar-refractivity contribution in [2.45, 2.75) is 20.8 Å². The first kappa shape index (κ1) is 21.3. The van der Waals surface area contributed by atoms with Crippen LogP contribution >= 0.6 is 31.9 Å². The summed E-state index contributed by atoms with van der Waals surface area (Å²) in [4.78, 5) is 12.0. The zero-order valence-electron chi connectivity index (χ0n) is 16.5. The summed E-state index contributed by atoms with van der Waals surface area (Å²) in [6.07, 6.45) is 1.68. The Labute approximate surface area is 187 Å². The molecule has 1 aromatic heterocycles. The van der Waals surface area contributed by atoms with E-state index in [1.54, 1.807) is 6.21 Å². The molecule has 3 rings (SSSR count). The van der Waals surface area contributed by atoms with E-state index in [2.05, 4.69) is 90.4 Å². The smallest absolute Gasteiger partial charge is 0.259 e. The Balaban J connectivity index is 1.64. The minimum Gasteiger partial charge on any atom is -0.376 e. The Morgan fingerprint density at radius 1 is 1.07 bits per heavy atom. The normalized spacial score (nSPS) is 11.1. The van der Waals surface area contributed by atoms with Gasteiger partial charge in [0.15, 0.2) is 0 Å². The number of nitrogens with zero attached hydrogens (tertiary/aromatic N) is 2. The number of benzene rings is 2. The van der Waals surface area contributed by atoms with Crippen molar-refractivity contribution in [3.63, 3.8) is 0 Å². The highest BCUT2D eigenvalue weighted by molar-refractivity contribution is 9.10. The molecule has 3 aromatic rings. The largest absolute Gasteiger partial charge is 0.376 e. The van der Waals surface area contributed by atoms with Crippen molar-refractivity contribution in [3.05, 3.63) is 80.0 Å². The Hall–Kier alpha value is -2.38. The number of hydrogen-bond donors (Lipinski definition) is 2. The molecule has 0 fully saturated rings. The van der Waals surface area contributed by atoms with E-state index in [9.17, 15) is 4.79 Å². The summed E-state index contributed by atoms with van der Waals surface area (Å²) in [5.41, 5.74) is 8.84. The summed E-state index contributed by atoms with van der Waals surface area (Å²) in [5, 5.41) is 7.17. The Bertz CT molecular complexity index is 1060. The van der Waals surface area contributed by atoms with Gasteiger partial charge in [-0.05, 0) is 68.8 Å². The molecule has 1 amide bonds. The number of anilines is 1. The molecule has 29 heavy (non-hydrogen) atoms. The number of halogens is 2. The highest BCUT2D eigenvalue weighted by atomic mass is 79.9. The van der Waals surface area contributed by atoms with Crippen LogP contribution in [0.2, 0.25) is 0 Å². The number of aromatic nitrogens is 1. The van der Waals surface area contributed by atoms with Crippen LogP contribution in [0.3, 0.4) is 0 Å². The molecule has 0 aliphatic carbocycles. The topological polar surface area (TPSA) is 58.4 Å². The Kier molecular flexibility index (Phi) is 6.92. The van der Waals surface area contributed by atoms with Gasteiger partial charge < -0.3 is 9.88 Å². The van der Waals surface area contributed by atoms with Gasteiger partial charge in [-0.3, -0.25) is 4.79 Å². The molecular weight excluding hydrogens is 496 g/mol. The van der Waals surface area contributed by atoms with Crippen molar-refractivity contribution in [2.24, 2.45) is 5.10 Å². The fraction of sp³-hybridized carbons (Fsp3) is 0.182. The summed E-state index contributed by atoms with van der Waals surface area (Å²) < 4.78 is 4.23. The summed E-state index contributed by atoms with van der Waals surface area (Å²) in [6.45, 7) is 6.31. The second-order valence-corrected chi connectivity index (χ2v) is 8.52. The molecule has 0 bridgehead atoms. The van der Waals surface area contributed by atoms with Crippen LogP contribution in [0.25, 0.3) is 5.69 Å². The second-order valence-electron chi connectivity index (χ2n) is 6.75. The predicted octanol–water partition coefficient (Wildman–Crippen LogP) is 5.49. The number of amides is 1. The Morgan fingerprint density at radius 2 is 1.79 bits per heavy atom. The number of hydrogen-bond acceptors (Lipinski definition) is 3. The molecule has 0 aliphatic heterocycles. The minimum absolute atomic E-state index is 0.148. The summed E-state index contributed by atoms with van der Waals surface area (Å²) >= 11 is 6.98. The highest BCUT2D eigenvalue weighted by Gasteiger charge is 2.10. The van der Waals surface area contributed by atoms with Gasteiger partial charge in [0.25, 0.3) is 5.91 Å². The van der Waals surface area contributed by atoms with Crippen LogP contribution in [0, 0.1) is 20.8 Å². The summed E-state index contributed by atoms with van der Waals surface area (Å²) in [7, 11) is 0. The van der Waals surface area contributed by atoms with Crippen LogP contribution < -0.4 is 10.7 Å². The average Bonchev–Trinajstić information content (AvgIpc) is 2.97. The van der Waals surface area contributed by atoms with Crippen molar-refractivity contribution < 1.29 is 4.79 Å². The number of nitrogens with one attached hydrogen (secondary N) is 2. The van der Waals surface area contributed by atoms with Gasteiger partial charge in [0.2, 0.25) is 0 Å². The summed E-state index contributed by atoms with van der Waals surface area (Å²) in [6, 6.07) is 16.0. The molecule has 0 unspecified atom stereocenters. The van der Waals surface area contributed by atoms with E-state index in [0.717, 1.165) is 37.3 Å². The third kappa shape index (κ3) is 5.36. The van der Waals surface area contributed by atoms with Gasteiger partial charge in [-0.2, -0.15) is 5.10 Å². The van der Waals surface area contributed by atoms with Crippen LogP contribution in [0.1, 0.15) is 22.5 Å². The van der Waals surface area contributed by atoms with E-state index in [4.69, 9.17) is 0 Å². The quantitative estimate of drug-likeness (QED) is 0.335. The fourth-order valence-electron chi connectivity index (χ4n) is 3.00. The zero-order chi connectivity index (χ0) is 21.0. The summed E-state index contributed by atoms with van der Waals surface area (Å²) in [5.74, 6) is -0.208.